The van der Waals surface area contributed by atoms with Crippen LogP contribution in [0.15, 0.2) is 69.7 Å². The maximum atomic E-state index is 13.4. The molecule has 9 heteroatoms. The first-order chi connectivity index (χ1) is 16.5. The molecule has 0 bridgehead atoms. The van der Waals surface area contributed by atoms with E-state index >= 15 is 0 Å². The van der Waals surface area contributed by atoms with E-state index in [1.165, 1.54) is 23.1 Å². The summed E-state index contributed by atoms with van der Waals surface area (Å²) in [5, 5.41) is 2.43. The molecule has 2 aromatic heterocycles. The summed E-state index contributed by atoms with van der Waals surface area (Å²) in [6.07, 6.45) is -0.142. The molecule has 2 atom stereocenters. The van der Waals surface area contributed by atoms with Gasteiger partial charge >= 0.3 is 5.97 Å². The minimum Gasteiger partial charge on any atom is -0.452 e. The zero-order valence-electron chi connectivity index (χ0n) is 18.1. The van der Waals surface area contributed by atoms with Gasteiger partial charge in [-0.3, -0.25) is 14.5 Å². The van der Waals surface area contributed by atoms with Crippen LogP contribution in [0, 0.1) is 0 Å². The molecule has 6 rings (SSSR count). The molecule has 0 radical (unpaired) electrons. The molecule has 2 unspecified atom stereocenters. The van der Waals surface area contributed by atoms with Gasteiger partial charge in [-0.15, -0.1) is 11.3 Å². The van der Waals surface area contributed by atoms with Crippen LogP contribution in [0.25, 0.3) is 21.3 Å². The summed E-state index contributed by atoms with van der Waals surface area (Å²) in [4.78, 5) is 48.4. The van der Waals surface area contributed by atoms with Crippen LogP contribution in [-0.2, 0) is 14.3 Å². The Bertz CT molecular complexity index is 1510. The zero-order chi connectivity index (χ0) is 23.4. The number of aromatic nitrogens is 2. The average molecular weight is 490 g/mol. The van der Waals surface area contributed by atoms with Crippen molar-refractivity contribution < 1.29 is 14.3 Å². The summed E-state index contributed by atoms with van der Waals surface area (Å²) in [6.45, 7) is 1.68. The van der Waals surface area contributed by atoms with Gasteiger partial charge in [-0.2, -0.15) is 0 Å². The second-order valence-electron chi connectivity index (χ2n) is 8.28. The number of esters is 1. The van der Waals surface area contributed by atoms with Crippen molar-refractivity contribution in [2.24, 2.45) is 0 Å². The van der Waals surface area contributed by atoms with Gasteiger partial charge in [-0.1, -0.05) is 54.2 Å². The number of nitrogens with one attached hydrogen (secondary N) is 1. The maximum absolute atomic E-state index is 13.4. The monoisotopic (exact) mass is 489 g/mol. The zero-order valence-corrected chi connectivity index (χ0v) is 19.7. The van der Waals surface area contributed by atoms with Crippen molar-refractivity contribution in [3.63, 3.8) is 0 Å². The first-order valence-electron chi connectivity index (χ1n) is 10.9. The summed E-state index contributed by atoms with van der Waals surface area (Å²) in [5.41, 5.74) is 2.22. The van der Waals surface area contributed by atoms with Crippen LogP contribution in [-0.4, -0.2) is 26.7 Å². The lowest BCUT2D eigenvalue weighted by Crippen LogP contribution is -2.48. The van der Waals surface area contributed by atoms with Crippen LogP contribution in [0.3, 0.4) is 0 Å². The van der Waals surface area contributed by atoms with E-state index in [9.17, 15) is 14.4 Å². The highest BCUT2D eigenvalue weighted by atomic mass is 32.2. The second-order valence-corrected chi connectivity index (χ2v) is 10.5. The minimum atomic E-state index is -1.12. The van der Waals surface area contributed by atoms with Gasteiger partial charge in [-0.05, 0) is 24.6 Å². The number of thiophene rings is 1. The molecule has 4 heterocycles. The van der Waals surface area contributed by atoms with Gasteiger partial charge < -0.3 is 9.72 Å². The van der Waals surface area contributed by atoms with E-state index in [0.717, 1.165) is 21.7 Å². The van der Waals surface area contributed by atoms with E-state index in [1.807, 2.05) is 60.0 Å². The molecule has 170 valence electrons. The number of benzene rings is 2. The molecule has 1 fully saturated rings. The number of fused-ring (bicyclic) bond motifs is 4. The van der Waals surface area contributed by atoms with E-state index in [4.69, 9.17) is 4.74 Å². The maximum Gasteiger partial charge on any atom is 0.344 e. The number of amides is 1. The van der Waals surface area contributed by atoms with Crippen molar-refractivity contribution in [1.82, 2.24) is 9.97 Å². The number of carbonyl (C=O) groups excluding carboxylic acids is 2. The number of hydrogen-bond acceptors (Lipinski definition) is 7. The van der Waals surface area contributed by atoms with Crippen LogP contribution in [0.2, 0.25) is 0 Å². The molecule has 0 saturated carbocycles. The molecular weight excluding hydrogens is 470 g/mol. The average Bonchev–Trinajstić information content (AvgIpc) is 3.52. The number of hydrogen-bond donors (Lipinski definition) is 1. The lowest BCUT2D eigenvalue weighted by Gasteiger charge is -2.29. The predicted octanol–water partition coefficient (Wildman–Crippen LogP) is 4.88. The number of aromatic amines is 1. The van der Waals surface area contributed by atoms with Crippen LogP contribution >= 0.6 is 23.1 Å². The number of para-hydroxylation sites is 1. The van der Waals surface area contributed by atoms with Crippen molar-refractivity contribution in [2.45, 2.75) is 35.6 Å². The third-order valence-corrected chi connectivity index (χ3v) is 8.54. The summed E-state index contributed by atoms with van der Waals surface area (Å²) >= 11 is 2.73. The standard InChI is InChI=1S/C25H19N3O4S2/c1-14(21-26-22(30)20-16(13-33-23(20)27-21)15-7-3-2-4-8-15)32-24(31)25-12-11-19(29)28(25)17-9-5-6-10-18(17)34-25/h2-10,13-14H,11-12H2,1H3,(H,26,27,30). The largest absolute Gasteiger partial charge is 0.452 e. The summed E-state index contributed by atoms with van der Waals surface area (Å²) in [7, 11) is 0. The van der Waals surface area contributed by atoms with E-state index in [1.54, 1.807) is 11.8 Å². The Morgan fingerprint density at radius 1 is 1.15 bits per heavy atom. The molecule has 1 N–H and O–H groups in total. The number of carbonyl (C=O) groups is 2. The topological polar surface area (TPSA) is 92.4 Å². The van der Waals surface area contributed by atoms with Crippen LogP contribution in [0.5, 0.6) is 0 Å². The first-order valence-corrected chi connectivity index (χ1v) is 12.6. The van der Waals surface area contributed by atoms with Crippen molar-refractivity contribution in [3.8, 4) is 11.1 Å². The lowest BCUT2D eigenvalue weighted by atomic mass is 10.1. The molecular formula is C25H19N3O4S2. The van der Waals surface area contributed by atoms with Crippen LogP contribution in [0.4, 0.5) is 5.69 Å². The Labute approximate surface area is 202 Å². The highest BCUT2D eigenvalue weighted by Gasteiger charge is 2.58. The van der Waals surface area contributed by atoms with Crippen LogP contribution in [0.1, 0.15) is 31.7 Å². The molecule has 4 aromatic rings. The summed E-state index contributed by atoms with van der Waals surface area (Å²) in [6, 6.07) is 17.1. The number of H-pyrrole nitrogens is 1. The Balaban J connectivity index is 1.30. The number of anilines is 1. The first kappa shape index (κ1) is 21.1. The van der Waals surface area contributed by atoms with Crippen molar-refractivity contribution in [1.29, 1.82) is 0 Å². The SMILES string of the molecule is CC(OC(=O)C12CCC(=O)N1c1ccccc1S2)c1nc2scc(-c3ccccc3)c2c(=O)[nH]1. The van der Waals surface area contributed by atoms with Gasteiger partial charge in [-0.25, -0.2) is 9.78 Å². The fourth-order valence-corrected chi connectivity index (χ4v) is 6.93. The Hall–Kier alpha value is -3.43. The van der Waals surface area contributed by atoms with Gasteiger partial charge in [0.1, 0.15) is 4.83 Å². The molecule has 2 aliphatic rings. The van der Waals surface area contributed by atoms with Gasteiger partial charge in [0.15, 0.2) is 16.8 Å². The molecule has 2 aromatic carbocycles. The van der Waals surface area contributed by atoms with Crippen molar-refractivity contribution in [2.75, 3.05) is 4.90 Å². The summed E-state index contributed by atoms with van der Waals surface area (Å²) in [5.74, 6) is -0.326. The van der Waals surface area contributed by atoms with E-state index in [0.29, 0.717) is 16.6 Å². The molecule has 1 amide bonds. The number of thioether (sulfide) groups is 1. The van der Waals surface area contributed by atoms with Gasteiger partial charge in [0, 0.05) is 28.7 Å². The molecule has 34 heavy (non-hydrogen) atoms. The lowest BCUT2D eigenvalue weighted by molar-refractivity contribution is -0.152. The number of nitrogens with zero attached hydrogens (tertiary/aromatic N) is 2. The van der Waals surface area contributed by atoms with E-state index in [-0.39, 0.29) is 23.7 Å². The Morgan fingerprint density at radius 3 is 2.74 bits per heavy atom. The Kier molecular flexibility index (Phi) is 4.86. The van der Waals surface area contributed by atoms with Gasteiger partial charge in [0.05, 0.1) is 11.1 Å². The highest BCUT2D eigenvalue weighted by Crippen LogP contribution is 2.56. The molecule has 0 aliphatic carbocycles. The number of rotatable bonds is 4. The Morgan fingerprint density at radius 2 is 1.91 bits per heavy atom. The third kappa shape index (κ3) is 3.11. The molecule has 2 aliphatic heterocycles. The second kappa shape index (κ2) is 7.82. The quantitative estimate of drug-likeness (QED) is 0.411. The van der Waals surface area contributed by atoms with E-state index in [2.05, 4.69) is 9.97 Å². The van der Waals surface area contributed by atoms with E-state index < -0.39 is 16.9 Å². The van der Waals surface area contributed by atoms with Crippen LogP contribution < -0.4 is 10.5 Å². The normalized spacial score (nSPS) is 19.8. The smallest absolute Gasteiger partial charge is 0.344 e. The van der Waals surface area contributed by atoms with Gasteiger partial charge in [0.2, 0.25) is 5.91 Å². The summed E-state index contributed by atoms with van der Waals surface area (Å²) < 4.78 is 5.82. The predicted molar refractivity (Wildman–Crippen MR) is 132 cm³/mol. The van der Waals surface area contributed by atoms with Gasteiger partial charge in [0.25, 0.3) is 5.56 Å². The molecule has 0 spiro atoms. The highest BCUT2D eigenvalue weighted by molar-refractivity contribution is 8.02. The van der Waals surface area contributed by atoms with Crippen molar-refractivity contribution >= 4 is 50.9 Å². The fourth-order valence-electron chi connectivity index (χ4n) is 4.57. The fraction of sp³-hybridized carbons (Fsp3) is 0.200. The third-order valence-electron chi connectivity index (χ3n) is 6.21. The molecule has 7 nitrogen and oxygen atoms in total. The molecule has 1 saturated heterocycles. The minimum absolute atomic E-state index is 0.0953. The number of ether oxygens (including phenoxy) is 1. The van der Waals surface area contributed by atoms with Crippen molar-refractivity contribution in [3.05, 3.63) is 76.2 Å².